The minimum Gasteiger partial charge on any atom is -0.473 e. The summed E-state index contributed by atoms with van der Waals surface area (Å²) < 4.78 is 44.3. The number of pyridine rings is 1. The molecule has 0 N–H and O–H groups in total. The van der Waals surface area contributed by atoms with Crippen LogP contribution in [0.4, 0.5) is 0 Å². The highest BCUT2D eigenvalue weighted by atomic mass is 32.2. The van der Waals surface area contributed by atoms with Crippen LogP contribution < -0.4 is 4.74 Å². The zero-order valence-corrected chi connectivity index (χ0v) is 19.1. The van der Waals surface area contributed by atoms with E-state index in [-0.39, 0.29) is 13.2 Å². The summed E-state index contributed by atoms with van der Waals surface area (Å²) >= 11 is 0. The summed E-state index contributed by atoms with van der Waals surface area (Å²) in [6, 6.07) is 2.17. The van der Waals surface area contributed by atoms with Gasteiger partial charge in [0, 0.05) is 50.5 Å². The summed E-state index contributed by atoms with van der Waals surface area (Å²) in [5.74, 6) is 0.328. The van der Waals surface area contributed by atoms with Crippen molar-refractivity contribution >= 4 is 21.1 Å². The van der Waals surface area contributed by atoms with E-state index in [1.54, 1.807) is 18.6 Å². The van der Waals surface area contributed by atoms with Crippen LogP contribution in [0.5, 0.6) is 5.88 Å². The number of hydrogen-bond acceptors (Lipinski definition) is 9. The third-order valence-electron chi connectivity index (χ3n) is 5.86. The summed E-state index contributed by atoms with van der Waals surface area (Å²) in [4.78, 5) is 13.5. The fourth-order valence-corrected chi connectivity index (χ4v) is 4.92. The quantitative estimate of drug-likeness (QED) is 0.520. The number of morpholine rings is 1. The predicted octanol–water partition coefficient (Wildman–Crippen LogP) is 1.28. The Bertz CT molecular complexity index is 1230. The number of sulfonamides is 1. The van der Waals surface area contributed by atoms with E-state index in [1.807, 2.05) is 16.9 Å². The zero-order valence-electron chi connectivity index (χ0n) is 18.3. The molecule has 3 aromatic rings. The molecule has 0 saturated carbocycles. The van der Waals surface area contributed by atoms with Crippen LogP contribution in [0.15, 0.2) is 30.9 Å². The van der Waals surface area contributed by atoms with Crippen LogP contribution in [0.3, 0.4) is 0 Å². The average Bonchev–Trinajstić information content (AvgIpc) is 3.33. The van der Waals surface area contributed by atoms with Gasteiger partial charge in [-0.05, 0) is 18.9 Å². The molecule has 2 aliphatic rings. The second-order valence-corrected chi connectivity index (χ2v) is 10.2. The van der Waals surface area contributed by atoms with Crippen LogP contribution in [0.25, 0.3) is 22.3 Å². The van der Waals surface area contributed by atoms with Gasteiger partial charge >= 0.3 is 0 Å². The molecule has 11 nitrogen and oxygen atoms in total. The normalized spacial score (nSPS) is 20.8. The van der Waals surface area contributed by atoms with Gasteiger partial charge in [0.25, 0.3) is 0 Å². The van der Waals surface area contributed by atoms with Crippen molar-refractivity contribution in [3.63, 3.8) is 0 Å². The fraction of sp³-hybridized carbons (Fsp3) is 0.524. The third-order valence-corrected chi connectivity index (χ3v) is 7.13. The molecule has 0 spiro atoms. The first-order chi connectivity index (χ1) is 16.0. The lowest BCUT2D eigenvalue weighted by Crippen LogP contribution is -2.47. The van der Waals surface area contributed by atoms with E-state index in [0.717, 1.165) is 31.6 Å². The molecule has 0 bridgehead atoms. The Morgan fingerprint density at radius 2 is 2.00 bits per heavy atom. The van der Waals surface area contributed by atoms with Crippen LogP contribution >= 0.6 is 0 Å². The van der Waals surface area contributed by atoms with Crippen molar-refractivity contribution in [2.45, 2.75) is 25.0 Å². The van der Waals surface area contributed by atoms with Gasteiger partial charge < -0.3 is 14.2 Å². The van der Waals surface area contributed by atoms with Crippen molar-refractivity contribution in [3.8, 4) is 17.1 Å². The predicted molar refractivity (Wildman–Crippen MR) is 119 cm³/mol. The van der Waals surface area contributed by atoms with Crippen LogP contribution in [-0.2, 0) is 19.5 Å². The Balaban J connectivity index is 1.38. The lowest BCUT2D eigenvalue weighted by Gasteiger charge is -2.30. The molecule has 0 aliphatic carbocycles. The molecule has 1 atom stereocenters. The zero-order chi connectivity index (χ0) is 22.8. The van der Waals surface area contributed by atoms with Crippen molar-refractivity contribution < 1.29 is 22.6 Å². The minimum absolute atomic E-state index is 0.148. The first kappa shape index (κ1) is 22.1. The van der Waals surface area contributed by atoms with Gasteiger partial charge in [-0.15, -0.1) is 0 Å². The van der Waals surface area contributed by atoms with Crippen molar-refractivity contribution in [2.24, 2.45) is 0 Å². The van der Waals surface area contributed by atoms with Gasteiger partial charge in [-0.2, -0.15) is 9.40 Å². The molecular formula is C21H26N6O5S. The summed E-state index contributed by atoms with van der Waals surface area (Å²) in [5.41, 5.74) is 2.72. The number of ether oxygens (including phenoxy) is 3. The fourth-order valence-electron chi connectivity index (χ4n) is 4.08. The van der Waals surface area contributed by atoms with E-state index < -0.39 is 16.1 Å². The van der Waals surface area contributed by atoms with Crippen molar-refractivity contribution in [3.05, 3.63) is 30.9 Å². The number of nitrogens with zero attached hydrogens (tertiary/aromatic N) is 6. The van der Waals surface area contributed by atoms with E-state index >= 15 is 0 Å². The van der Waals surface area contributed by atoms with Gasteiger partial charge in [-0.1, -0.05) is 0 Å². The van der Waals surface area contributed by atoms with Crippen LogP contribution in [0.2, 0.25) is 0 Å². The maximum atomic E-state index is 11.9. The van der Waals surface area contributed by atoms with Crippen molar-refractivity contribution in [1.82, 2.24) is 29.0 Å². The molecule has 5 heterocycles. The van der Waals surface area contributed by atoms with Crippen LogP contribution in [0, 0.1) is 0 Å². The molecule has 5 rings (SSSR count). The Labute approximate surface area is 191 Å². The highest BCUT2D eigenvalue weighted by Crippen LogP contribution is 2.28. The van der Waals surface area contributed by atoms with Gasteiger partial charge in [0.2, 0.25) is 15.9 Å². The Morgan fingerprint density at radius 3 is 2.82 bits per heavy atom. The van der Waals surface area contributed by atoms with E-state index in [2.05, 4.69) is 15.1 Å². The highest BCUT2D eigenvalue weighted by Gasteiger charge is 2.27. The van der Waals surface area contributed by atoms with Gasteiger partial charge in [-0.25, -0.2) is 18.4 Å². The number of rotatable bonds is 6. The van der Waals surface area contributed by atoms with E-state index in [4.69, 9.17) is 19.2 Å². The van der Waals surface area contributed by atoms with Crippen molar-refractivity contribution in [2.75, 3.05) is 45.8 Å². The molecule has 176 valence electrons. The molecular weight excluding hydrogens is 448 g/mol. The molecule has 0 unspecified atom stereocenters. The average molecular weight is 475 g/mol. The molecule has 2 saturated heterocycles. The summed E-state index contributed by atoms with van der Waals surface area (Å²) in [7, 11) is -3.28. The second kappa shape index (κ2) is 9.29. The van der Waals surface area contributed by atoms with Gasteiger partial charge in [0.15, 0.2) is 5.52 Å². The number of fused-ring (bicyclic) bond motifs is 1. The Kier molecular flexibility index (Phi) is 6.23. The smallest absolute Gasteiger partial charge is 0.242 e. The molecule has 0 amide bonds. The second-order valence-electron chi connectivity index (χ2n) is 8.21. The molecule has 2 fully saturated rings. The lowest BCUT2D eigenvalue weighted by molar-refractivity contribution is -0.0252. The number of aromatic nitrogens is 5. The van der Waals surface area contributed by atoms with Gasteiger partial charge in [0.1, 0.15) is 12.7 Å². The van der Waals surface area contributed by atoms with Crippen molar-refractivity contribution in [1.29, 1.82) is 0 Å². The Morgan fingerprint density at radius 1 is 1.18 bits per heavy atom. The first-order valence-corrected chi connectivity index (χ1v) is 12.8. The molecule has 33 heavy (non-hydrogen) atoms. The molecule has 12 heteroatoms. The molecule has 3 aromatic heterocycles. The maximum Gasteiger partial charge on any atom is 0.242 e. The number of hydrogen-bond donors (Lipinski definition) is 0. The van der Waals surface area contributed by atoms with E-state index in [9.17, 15) is 8.42 Å². The molecule has 2 aliphatic heterocycles. The maximum absolute atomic E-state index is 11.9. The van der Waals surface area contributed by atoms with Gasteiger partial charge in [-0.3, -0.25) is 9.67 Å². The summed E-state index contributed by atoms with van der Waals surface area (Å²) in [6.45, 7) is 2.52. The SMILES string of the molecule is CS(=O)(=O)N1CCO[C@H](COc2nc(-c3cnn(C4CCOCC4)c3)cc3nccnc23)C1. The van der Waals surface area contributed by atoms with Gasteiger partial charge in [0.05, 0.1) is 36.3 Å². The van der Waals surface area contributed by atoms with Crippen LogP contribution in [-0.4, -0.2) is 89.3 Å². The monoisotopic (exact) mass is 474 g/mol. The summed E-state index contributed by atoms with van der Waals surface area (Å²) in [6.07, 6.45) is 9.64. The largest absolute Gasteiger partial charge is 0.473 e. The first-order valence-electron chi connectivity index (χ1n) is 10.9. The Hall–Kier alpha value is -2.67. The molecule has 0 aromatic carbocycles. The van der Waals surface area contributed by atoms with Crippen LogP contribution in [0.1, 0.15) is 18.9 Å². The third kappa shape index (κ3) is 4.98. The summed E-state index contributed by atoms with van der Waals surface area (Å²) in [5, 5.41) is 4.54. The van der Waals surface area contributed by atoms with E-state index in [0.29, 0.717) is 41.8 Å². The highest BCUT2D eigenvalue weighted by molar-refractivity contribution is 7.88. The standard InChI is InChI=1S/C21H26N6O5S/c1-33(28,29)26-6-9-31-17(13-26)14-32-21-20-19(22-4-5-23-20)10-18(25-21)15-11-24-27(12-15)16-2-7-30-8-3-16/h4-5,10-12,16-17H,2-3,6-9,13-14H2,1H3/t17-/m0/s1. The van der Waals surface area contributed by atoms with E-state index in [1.165, 1.54) is 10.6 Å². The molecule has 0 radical (unpaired) electrons. The topological polar surface area (TPSA) is 122 Å². The minimum atomic E-state index is -3.28. The lowest BCUT2D eigenvalue weighted by atomic mass is 10.1.